The Hall–Kier alpha value is -1.86. The summed E-state index contributed by atoms with van der Waals surface area (Å²) in [5.74, 6) is 5.13. The largest absolute Gasteiger partial charge is 0.384 e. The van der Waals surface area contributed by atoms with E-state index in [1.165, 1.54) is 18.2 Å². The van der Waals surface area contributed by atoms with Crippen molar-refractivity contribution in [2.45, 2.75) is 38.6 Å². The van der Waals surface area contributed by atoms with Crippen molar-refractivity contribution in [3.05, 3.63) is 35.1 Å². The second-order valence-corrected chi connectivity index (χ2v) is 5.58. The van der Waals surface area contributed by atoms with Gasteiger partial charge in [-0.15, -0.1) is 0 Å². The Morgan fingerprint density at radius 2 is 2.10 bits per heavy atom. The zero-order chi connectivity index (χ0) is 15.2. The molecule has 0 atom stereocenters. The number of carbonyl (C=O) groups excluding carboxylic acids is 1. The standard InChI is InChI=1S/C17H20FNO2/c1-12-4-7-15(8-5-12)19-17(21)16-9-6-14(18)11-13(16)3-2-10-20/h6,9,11-12,15,20H,4-5,7-8,10H2,1H3,(H,19,21). The molecule has 0 spiro atoms. The molecule has 4 heteroatoms. The molecule has 1 fully saturated rings. The molecule has 1 saturated carbocycles. The number of carbonyl (C=O) groups is 1. The fraction of sp³-hybridized carbons (Fsp3) is 0.471. The van der Waals surface area contributed by atoms with Gasteiger partial charge in [0.2, 0.25) is 0 Å². The maximum Gasteiger partial charge on any atom is 0.252 e. The highest BCUT2D eigenvalue weighted by Crippen LogP contribution is 2.23. The first kappa shape index (κ1) is 15.5. The number of hydrogen-bond acceptors (Lipinski definition) is 2. The van der Waals surface area contributed by atoms with Crippen molar-refractivity contribution >= 4 is 5.91 Å². The molecule has 1 aliphatic carbocycles. The third-order valence-corrected chi connectivity index (χ3v) is 3.88. The van der Waals surface area contributed by atoms with Gasteiger partial charge in [-0.2, -0.15) is 0 Å². The fourth-order valence-electron chi connectivity index (χ4n) is 2.62. The van der Waals surface area contributed by atoms with Crippen LogP contribution in [0.15, 0.2) is 18.2 Å². The summed E-state index contributed by atoms with van der Waals surface area (Å²) in [4.78, 5) is 12.3. The second kappa shape index (κ2) is 7.24. The quantitative estimate of drug-likeness (QED) is 0.822. The number of rotatable bonds is 2. The van der Waals surface area contributed by atoms with Crippen LogP contribution in [0.4, 0.5) is 4.39 Å². The number of nitrogens with one attached hydrogen (secondary N) is 1. The molecule has 1 amide bonds. The van der Waals surface area contributed by atoms with Gasteiger partial charge in [0.15, 0.2) is 0 Å². The van der Waals surface area contributed by atoms with Crippen LogP contribution in [0.2, 0.25) is 0 Å². The molecule has 1 aliphatic rings. The van der Waals surface area contributed by atoms with Crippen LogP contribution in [0.25, 0.3) is 0 Å². The van der Waals surface area contributed by atoms with Gasteiger partial charge in [-0.1, -0.05) is 18.8 Å². The van der Waals surface area contributed by atoms with Crippen molar-refractivity contribution in [3.8, 4) is 11.8 Å². The number of halogens is 1. The smallest absolute Gasteiger partial charge is 0.252 e. The molecular weight excluding hydrogens is 269 g/mol. The normalized spacial score (nSPS) is 21.3. The summed E-state index contributed by atoms with van der Waals surface area (Å²) < 4.78 is 13.3. The monoisotopic (exact) mass is 289 g/mol. The van der Waals surface area contributed by atoms with Crippen molar-refractivity contribution in [1.82, 2.24) is 5.32 Å². The topological polar surface area (TPSA) is 49.3 Å². The predicted molar refractivity (Wildman–Crippen MR) is 79.3 cm³/mol. The summed E-state index contributed by atoms with van der Waals surface area (Å²) in [7, 11) is 0. The molecule has 0 unspecified atom stereocenters. The molecule has 2 N–H and O–H groups in total. The molecule has 1 aromatic rings. The van der Waals surface area contributed by atoms with Gasteiger partial charge in [0.1, 0.15) is 12.4 Å². The van der Waals surface area contributed by atoms with Gasteiger partial charge in [-0.3, -0.25) is 4.79 Å². The van der Waals surface area contributed by atoms with E-state index in [-0.39, 0.29) is 18.6 Å². The molecular formula is C17H20FNO2. The van der Waals surface area contributed by atoms with E-state index >= 15 is 0 Å². The van der Waals surface area contributed by atoms with Crippen LogP contribution >= 0.6 is 0 Å². The minimum Gasteiger partial charge on any atom is -0.384 e. The first-order valence-corrected chi connectivity index (χ1v) is 7.30. The number of hydrogen-bond donors (Lipinski definition) is 2. The molecule has 1 aromatic carbocycles. The minimum absolute atomic E-state index is 0.178. The van der Waals surface area contributed by atoms with E-state index in [1.807, 2.05) is 0 Å². The van der Waals surface area contributed by atoms with Crippen LogP contribution in [0.1, 0.15) is 48.5 Å². The number of benzene rings is 1. The van der Waals surface area contributed by atoms with E-state index in [0.29, 0.717) is 11.1 Å². The molecule has 0 saturated heterocycles. The molecule has 0 radical (unpaired) electrons. The van der Waals surface area contributed by atoms with Gasteiger partial charge in [0, 0.05) is 11.6 Å². The van der Waals surface area contributed by atoms with Gasteiger partial charge >= 0.3 is 0 Å². The van der Waals surface area contributed by atoms with Crippen LogP contribution in [0.3, 0.4) is 0 Å². The van der Waals surface area contributed by atoms with E-state index in [1.54, 1.807) is 0 Å². The maximum absolute atomic E-state index is 13.3. The van der Waals surface area contributed by atoms with E-state index in [0.717, 1.165) is 31.6 Å². The Labute approximate surface area is 124 Å². The highest BCUT2D eigenvalue weighted by molar-refractivity contribution is 5.96. The first-order chi connectivity index (χ1) is 10.1. The average molecular weight is 289 g/mol. The first-order valence-electron chi connectivity index (χ1n) is 7.30. The van der Waals surface area contributed by atoms with E-state index < -0.39 is 5.82 Å². The lowest BCUT2D eigenvalue weighted by Crippen LogP contribution is -2.37. The van der Waals surface area contributed by atoms with Gasteiger partial charge in [0.05, 0.1) is 5.56 Å². The fourth-order valence-corrected chi connectivity index (χ4v) is 2.62. The molecule has 0 bridgehead atoms. The van der Waals surface area contributed by atoms with Crippen molar-refractivity contribution in [2.75, 3.05) is 6.61 Å². The summed E-state index contributed by atoms with van der Waals surface area (Å²) in [6.07, 6.45) is 4.19. The Kier molecular flexibility index (Phi) is 5.35. The predicted octanol–water partition coefficient (Wildman–Crippen LogP) is 2.48. The Bertz CT molecular complexity index is 566. The van der Waals surface area contributed by atoms with Crippen molar-refractivity contribution in [3.63, 3.8) is 0 Å². The van der Waals surface area contributed by atoms with Crippen LogP contribution in [0.5, 0.6) is 0 Å². The summed E-state index contributed by atoms with van der Waals surface area (Å²) in [6, 6.07) is 4.09. The zero-order valence-corrected chi connectivity index (χ0v) is 12.2. The SMILES string of the molecule is CC1CCC(NC(=O)c2ccc(F)cc2C#CCO)CC1. The third kappa shape index (κ3) is 4.30. The molecule has 2 rings (SSSR count). The summed E-state index contributed by atoms with van der Waals surface area (Å²) in [5, 5.41) is 11.7. The summed E-state index contributed by atoms with van der Waals surface area (Å²) in [5.41, 5.74) is 0.668. The zero-order valence-electron chi connectivity index (χ0n) is 12.2. The Morgan fingerprint density at radius 1 is 1.38 bits per heavy atom. The summed E-state index contributed by atoms with van der Waals surface area (Å²) in [6.45, 7) is 1.90. The molecule has 21 heavy (non-hydrogen) atoms. The van der Waals surface area contributed by atoms with E-state index in [9.17, 15) is 9.18 Å². The molecule has 0 heterocycles. The van der Waals surface area contributed by atoms with Crippen LogP contribution in [-0.2, 0) is 0 Å². The van der Waals surface area contributed by atoms with Gasteiger partial charge in [-0.25, -0.2) is 4.39 Å². The van der Waals surface area contributed by atoms with E-state index in [2.05, 4.69) is 24.1 Å². The Morgan fingerprint density at radius 3 is 2.76 bits per heavy atom. The highest BCUT2D eigenvalue weighted by atomic mass is 19.1. The van der Waals surface area contributed by atoms with Gasteiger partial charge < -0.3 is 10.4 Å². The van der Waals surface area contributed by atoms with Gasteiger partial charge in [0.25, 0.3) is 5.91 Å². The molecule has 3 nitrogen and oxygen atoms in total. The average Bonchev–Trinajstić information content (AvgIpc) is 2.47. The lowest BCUT2D eigenvalue weighted by molar-refractivity contribution is 0.0922. The minimum atomic E-state index is -0.444. The molecule has 0 aromatic heterocycles. The summed E-state index contributed by atoms with van der Waals surface area (Å²) >= 11 is 0. The Balaban J connectivity index is 2.11. The lowest BCUT2D eigenvalue weighted by atomic mass is 9.87. The van der Waals surface area contributed by atoms with Crippen LogP contribution in [0, 0.1) is 23.6 Å². The number of amides is 1. The molecule has 112 valence electrons. The van der Waals surface area contributed by atoms with Crippen molar-refractivity contribution in [2.24, 2.45) is 5.92 Å². The number of aliphatic hydroxyl groups is 1. The van der Waals surface area contributed by atoms with Crippen molar-refractivity contribution in [1.29, 1.82) is 0 Å². The lowest BCUT2D eigenvalue weighted by Gasteiger charge is -2.27. The highest BCUT2D eigenvalue weighted by Gasteiger charge is 2.21. The molecule has 0 aliphatic heterocycles. The second-order valence-electron chi connectivity index (χ2n) is 5.58. The van der Waals surface area contributed by atoms with Crippen LogP contribution in [-0.4, -0.2) is 23.7 Å². The van der Waals surface area contributed by atoms with E-state index in [4.69, 9.17) is 5.11 Å². The van der Waals surface area contributed by atoms with Crippen LogP contribution < -0.4 is 5.32 Å². The van der Waals surface area contributed by atoms with Gasteiger partial charge in [-0.05, 0) is 49.8 Å². The van der Waals surface area contributed by atoms with Crippen molar-refractivity contribution < 1.29 is 14.3 Å². The number of aliphatic hydroxyl groups excluding tert-OH is 1. The third-order valence-electron chi connectivity index (χ3n) is 3.88. The maximum atomic E-state index is 13.3.